The zero-order chi connectivity index (χ0) is 14.1. The molecule has 1 aromatic carbocycles. The Morgan fingerprint density at radius 1 is 1.21 bits per heavy atom. The predicted octanol–water partition coefficient (Wildman–Crippen LogP) is 2.46. The van der Waals surface area contributed by atoms with E-state index in [2.05, 4.69) is 10.1 Å². The van der Waals surface area contributed by atoms with Crippen molar-refractivity contribution < 1.29 is 19.0 Å². The maximum Gasteiger partial charge on any atom is 0.307 e. The van der Waals surface area contributed by atoms with Crippen LogP contribution in [0.3, 0.4) is 0 Å². The first-order valence-electron chi connectivity index (χ1n) is 6.41. The van der Waals surface area contributed by atoms with E-state index in [1.807, 2.05) is 32.0 Å². The van der Waals surface area contributed by atoms with Crippen LogP contribution in [0, 0.1) is 0 Å². The highest BCUT2D eigenvalue weighted by atomic mass is 16.5. The predicted molar refractivity (Wildman–Crippen MR) is 73.9 cm³/mol. The summed E-state index contributed by atoms with van der Waals surface area (Å²) in [6.07, 6.45) is 0.306. The number of benzene rings is 1. The third-order valence-corrected chi connectivity index (χ3v) is 2.43. The topological polar surface area (TPSA) is 56.8 Å². The van der Waals surface area contributed by atoms with Crippen LogP contribution >= 0.6 is 0 Å². The number of carbonyl (C=O) groups is 1. The second-order valence-corrected chi connectivity index (χ2v) is 3.78. The molecule has 0 aliphatic heterocycles. The normalized spacial score (nSPS) is 9.84. The summed E-state index contributed by atoms with van der Waals surface area (Å²) in [5.74, 6) is 1.27. The molecule has 0 amide bonds. The van der Waals surface area contributed by atoms with Crippen molar-refractivity contribution in [3.63, 3.8) is 0 Å². The fraction of sp³-hybridized carbons (Fsp3) is 0.500. The van der Waals surface area contributed by atoms with Crippen LogP contribution < -0.4 is 14.8 Å². The summed E-state index contributed by atoms with van der Waals surface area (Å²) in [4.78, 5) is 11.1. The molecule has 0 radical (unpaired) electrons. The maximum atomic E-state index is 11.1. The monoisotopic (exact) mass is 267 g/mol. The highest BCUT2D eigenvalue weighted by Gasteiger charge is 2.06. The van der Waals surface area contributed by atoms with Crippen LogP contribution in [-0.2, 0) is 9.53 Å². The van der Waals surface area contributed by atoms with Gasteiger partial charge in [-0.2, -0.15) is 0 Å². The summed E-state index contributed by atoms with van der Waals surface area (Å²) in [7, 11) is 1.38. The number of methoxy groups -OCH3 is 1. The fourth-order valence-electron chi connectivity index (χ4n) is 1.59. The van der Waals surface area contributed by atoms with Gasteiger partial charge < -0.3 is 19.5 Å². The van der Waals surface area contributed by atoms with Gasteiger partial charge in [-0.25, -0.2) is 0 Å². The van der Waals surface area contributed by atoms with Gasteiger partial charge in [-0.1, -0.05) is 0 Å². The zero-order valence-corrected chi connectivity index (χ0v) is 11.7. The van der Waals surface area contributed by atoms with Crippen LogP contribution in [-0.4, -0.2) is 32.8 Å². The first kappa shape index (κ1) is 15.1. The Balaban J connectivity index is 2.70. The molecule has 5 nitrogen and oxygen atoms in total. The molecule has 1 rings (SSSR count). The molecule has 0 spiro atoms. The van der Waals surface area contributed by atoms with Gasteiger partial charge in [0.15, 0.2) is 0 Å². The van der Waals surface area contributed by atoms with E-state index in [1.54, 1.807) is 0 Å². The summed E-state index contributed by atoms with van der Waals surface area (Å²) < 4.78 is 15.6. The molecule has 0 atom stereocenters. The highest BCUT2D eigenvalue weighted by Crippen LogP contribution is 2.29. The summed E-state index contributed by atoms with van der Waals surface area (Å²) in [5, 5.41) is 3.16. The lowest BCUT2D eigenvalue weighted by molar-refractivity contribution is -0.140. The first-order valence-corrected chi connectivity index (χ1v) is 6.41. The van der Waals surface area contributed by atoms with Gasteiger partial charge in [0.25, 0.3) is 0 Å². The molecule has 0 aliphatic carbocycles. The second kappa shape index (κ2) is 8.24. The molecule has 0 heterocycles. The Bertz CT molecular complexity index is 406. The van der Waals surface area contributed by atoms with Crippen molar-refractivity contribution in [2.75, 3.05) is 32.2 Å². The molecule has 1 N–H and O–H groups in total. The van der Waals surface area contributed by atoms with Crippen LogP contribution in [0.4, 0.5) is 5.69 Å². The lowest BCUT2D eigenvalue weighted by atomic mass is 10.2. The molecule has 19 heavy (non-hydrogen) atoms. The average Bonchev–Trinajstić information content (AvgIpc) is 2.41. The molecule has 106 valence electrons. The number of rotatable bonds is 8. The molecule has 0 fully saturated rings. The Hall–Kier alpha value is -1.91. The van der Waals surface area contributed by atoms with Gasteiger partial charge in [0, 0.05) is 12.6 Å². The molecule has 1 aromatic rings. The minimum Gasteiger partial charge on any atom is -0.494 e. The molecule has 0 saturated carbocycles. The number of ether oxygens (including phenoxy) is 3. The maximum absolute atomic E-state index is 11.1. The van der Waals surface area contributed by atoms with Gasteiger partial charge in [0.1, 0.15) is 11.5 Å². The molecular weight excluding hydrogens is 246 g/mol. The number of hydrogen-bond acceptors (Lipinski definition) is 5. The average molecular weight is 267 g/mol. The van der Waals surface area contributed by atoms with Crippen molar-refractivity contribution in [3.8, 4) is 11.5 Å². The van der Waals surface area contributed by atoms with Gasteiger partial charge in [0.05, 0.1) is 32.4 Å². The van der Waals surface area contributed by atoms with Gasteiger partial charge in [-0.05, 0) is 26.0 Å². The number of hydrogen-bond donors (Lipinski definition) is 1. The Morgan fingerprint density at radius 3 is 2.58 bits per heavy atom. The Kier molecular flexibility index (Phi) is 6.57. The van der Waals surface area contributed by atoms with Gasteiger partial charge in [-0.3, -0.25) is 4.79 Å². The third kappa shape index (κ3) is 5.07. The van der Waals surface area contributed by atoms with E-state index in [1.165, 1.54) is 7.11 Å². The summed E-state index contributed by atoms with van der Waals surface area (Å²) in [6, 6.07) is 5.58. The largest absolute Gasteiger partial charge is 0.494 e. The molecule has 0 bridgehead atoms. The summed E-state index contributed by atoms with van der Waals surface area (Å²) >= 11 is 0. The first-order chi connectivity index (χ1) is 9.21. The van der Waals surface area contributed by atoms with Crippen LogP contribution in [0.25, 0.3) is 0 Å². The van der Waals surface area contributed by atoms with Crippen molar-refractivity contribution in [2.45, 2.75) is 20.3 Å². The number of anilines is 1. The molecule has 0 aliphatic rings. The van der Waals surface area contributed by atoms with Crippen molar-refractivity contribution in [3.05, 3.63) is 18.2 Å². The molecule has 5 heteroatoms. The van der Waals surface area contributed by atoms with E-state index in [0.717, 1.165) is 17.2 Å². The van der Waals surface area contributed by atoms with E-state index in [4.69, 9.17) is 9.47 Å². The van der Waals surface area contributed by atoms with Gasteiger partial charge in [-0.15, -0.1) is 0 Å². The van der Waals surface area contributed by atoms with Crippen molar-refractivity contribution in [1.29, 1.82) is 0 Å². The number of esters is 1. The lowest BCUT2D eigenvalue weighted by Crippen LogP contribution is -2.10. The van der Waals surface area contributed by atoms with E-state index >= 15 is 0 Å². The van der Waals surface area contributed by atoms with Crippen LogP contribution in [0.1, 0.15) is 20.3 Å². The lowest BCUT2D eigenvalue weighted by Gasteiger charge is -2.14. The van der Waals surface area contributed by atoms with E-state index in [9.17, 15) is 4.79 Å². The van der Waals surface area contributed by atoms with E-state index in [0.29, 0.717) is 26.2 Å². The van der Waals surface area contributed by atoms with E-state index < -0.39 is 0 Å². The summed E-state index contributed by atoms with van der Waals surface area (Å²) in [5.41, 5.74) is 0.816. The van der Waals surface area contributed by atoms with Crippen molar-refractivity contribution >= 4 is 11.7 Å². The van der Waals surface area contributed by atoms with Gasteiger partial charge in [0.2, 0.25) is 0 Å². The molecule has 0 aromatic heterocycles. The SMILES string of the molecule is CCOc1ccc(OCC)c(NCCC(=O)OC)c1. The quantitative estimate of drug-likeness (QED) is 0.733. The Labute approximate surface area is 113 Å². The zero-order valence-electron chi connectivity index (χ0n) is 11.7. The fourth-order valence-corrected chi connectivity index (χ4v) is 1.59. The van der Waals surface area contributed by atoms with Crippen molar-refractivity contribution in [2.24, 2.45) is 0 Å². The smallest absolute Gasteiger partial charge is 0.307 e. The van der Waals surface area contributed by atoms with Crippen LogP contribution in [0.5, 0.6) is 11.5 Å². The third-order valence-electron chi connectivity index (χ3n) is 2.43. The minimum atomic E-state index is -0.244. The molecule has 0 unspecified atom stereocenters. The number of nitrogens with one attached hydrogen (secondary N) is 1. The second-order valence-electron chi connectivity index (χ2n) is 3.78. The number of carbonyl (C=O) groups excluding carboxylic acids is 1. The van der Waals surface area contributed by atoms with Gasteiger partial charge >= 0.3 is 5.97 Å². The summed E-state index contributed by atoms with van der Waals surface area (Å²) in [6.45, 7) is 5.53. The minimum absolute atomic E-state index is 0.244. The standard InChI is InChI=1S/C14H21NO4/c1-4-18-11-6-7-13(19-5-2)12(10-11)15-9-8-14(16)17-3/h6-7,10,15H,4-5,8-9H2,1-3H3. The van der Waals surface area contributed by atoms with Crippen molar-refractivity contribution in [1.82, 2.24) is 0 Å². The van der Waals surface area contributed by atoms with E-state index in [-0.39, 0.29) is 5.97 Å². The Morgan fingerprint density at radius 2 is 1.95 bits per heavy atom. The van der Waals surface area contributed by atoms with Crippen LogP contribution in [0.2, 0.25) is 0 Å². The molecule has 0 saturated heterocycles. The molecular formula is C14H21NO4. The highest BCUT2D eigenvalue weighted by molar-refractivity contribution is 5.70. The van der Waals surface area contributed by atoms with Crippen LogP contribution in [0.15, 0.2) is 18.2 Å².